The molecule has 24 N–H and O–H groups in total. The summed E-state index contributed by atoms with van der Waals surface area (Å²) in [6, 6.07) is 29.2. The van der Waals surface area contributed by atoms with Crippen LogP contribution >= 0.6 is 0 Å². The van der Waals surface area contributed by atoms with Gasteiger partial charge in [0.15, 0.2) is 0 Å². The van der Waals surface area contributed by atoms with Gasteiger partial charge in [0.25, 0.3) is 0 Å². The number of aliphatic hydroxyl groups excluding tert-OH is 1. The van der Waals surface area contributed by atoms with E-state index < -0.39 is 12.1 Å². The minimum Gasteiger partial charge on any atom is -0.394 e. The highest BCUT2D eigenvalue weighted by Crippen LogP contribution is 2.12. The van der Waals surface area contributed by atoms with Crippen LogP contribution < -0.4 is 58.6 Å². The zero-order chi connectivity index (χ0) is 79.8. The third kappa shape index (κ3) is 193. The molecule has 586 valence electrons. The SMILES string of the molecule is C=O.C=O.C=O.C=O.C=O.C=O.C=O.C=O.C=O.C=O.CC.CC.CC(=O)N(C)[C@@H](Cc1ccccc1)C(=O)N[C@@H](C)C(=O)N1CCCCC1.CC(C)C.CC(C)C.CC(C)O.CCC(C)C.CCc1ccccc1.CCc1ccccc1.CN.CN.CN.CN.CN.N.N.N.N. The van der Waals surface area contributed by atoms with Crippen LogP contribution in [0.2, 0.25) is 0 Å². The van der Waals surface area contributed by atoms with E-state index in [4.69, 9.17) is 53.1 Å². The van der Waals surface area contributed by atoms with E-state index >= 15 is 0 Å². The van der Waals surface area contributed by atoms with E-state index in [1.165, 1.54) is 64.6 Å². The number of carbonyl (C=O) groups is 13. The van der Waals surface area contributed by atoms with Crippen LogP contribution in [0.25, 0.3) is 0 Å². The molecule has 1 heterocycles. The first-order chi connectivity index (χ1) is 44.7. The number of hydrogen-bond acceptors (Lipinski definition) is 23. The number of rotatable bonds is 9. The van der Waals surface area contributed by atoms with Gasteiger partial charge in [0.2, 0.25) is 17.7 Å². The Labute approximate surface area is 594 Å². The fourth-order valence-electron chi connectivity index (χ4n) is 4.65. The number of hydrogen-bond donors (Lipinski definition) is 11. The topological polar surface area (TPSA) is 531 Å². The second-order valence-electron chi connectivity index (χ2n) is 17.0. The molecule has 0 aromatic heterocycles. The van der Waals surface area contributed by atoms with Crippen LogP contribution in [0.5, 0.6) is 0 Å². The van der Waals surface area contributed by atoms with E-state index in [2.05, 4.69) is 159 Å². The zero-order valence-corrected chi connectivity index (χ0v) is 66.4. The predicted octanol–water partition coefficient (Wildman–Crippen LogP) is 10.6. The van der Waals surface area contributed by atoms with Crippen molar-refractivity contribution in [1.82, 2.24) is 39.7 Å². The molecule has 26 heteroatoms. The summed E-state index contributed by atoms with van der Waals surface area (Å²) in [6.07, 6.45) is 6.99. The van der Waals surface area contributed by atoms with E-state index in [1.807, 2.05) is 143 Å². The van der Waals surface area contributed by atoms with Gasteiger partial charge in [-0.3, -0.25) is 14.4 Å². The van der Waals surface area contributed by atoms with Crippen LogP contribution in [0.15, 0.2) is 91.0 Å². The third-order valence-electron chi connectivity index (χ3n) is 8.25. The van der Waals surface area contributed by atoms with Gasteiger partial charge in [-0.2, -0.15) is 0 Å². The number of nitrogens with zero attached hydrogens (tertiary/aromatic N) is 2. The lowest BCUT2D eigenvalue weighted by Crippen LogP contribution is -2.54. The molecular formula is C71H158N12O14. The number of likely N-dealkylation sites (tertiary alicyclic amines) is 1. The van der Waals surface area contributed by atoms with Crippen LogP contribution in [0.4, 0.5) is 0 Å². The first-order valence-corrected chi connectivity index (χ1v) is 30.1. The van der Waals surface area contributed by atoms with Gasteiger partial charge >= 0.3 is 0 Å². The Morgan fingerprint density at radius 2 is 0.639 bits per heavy atom. The van der Waals surface area contributed by atoms with Crippen molar-refractivity contribution in [2.45, 2.75) is 195 Å². The summed E-state index contributed by atoms with van der Waals surface area (Å²) in [5.41, 5.74) is 26.3. The summed E-state index contributed by atoms with van der Waals surface area (Å²) in [5, 5.41) is 10.9. The highest BCUT2D eigenvalue weighted by molar-refractivity contribution is 5.91. The predicted molar refractivity (Wildman–Crippen MR) is 420 cm³/mol. The molecule has 97 heavy (non-hydrogen) atoms. The Kier molecular flexibility index (Phi) is 322. The molecule has 0 unspecified atom stereocenters. The largest absolute Gasteiger partial charge is 0.394 e. The Hall–Kier alpha value is -7.63. The molecule has 2 atom stereocenters. The molecule has 1 saturated heterocycles. The first kappa shape index (κ1) is 163. The molecule has 0 bridgehead atoms. The monoisotopic (exact) mass is 1400 g/mol. The number of piperidine rings is 1. The molecular weight excluding hydrogens is 1240 g/mol. The lowest BCUT2D eigenvalue weighted by atomic mass is 10.0. The first-order valence-electron chi connectivity index (χ1n) is 30.1. The molecule has 26 nitrogen and oxygen atoms in total. The number of nitrogens with two attached hydrogens (primary N) is 5. The molecule has 3 amide bonds. The third-order valence-corrected chi connectivity index (χ3v) is 8.25. The maximum Gasteiger partial charge on any atom is 0.244 e. The lowest BCUT2D eigenvalue weighted by molar-refractivity contribution is -0.140. The second kappa shape index (κ2) is 191. The molecule has 1 aliphatic heterocycles. The van der Waals surface area contributed by atoms with Crippen LogP contribution in [0.1, 0.15) is 174 Å². The number of benzene rings is 3. The van der Waals surface area contributed by atoms with Gasteiger partial charge in [-0.1, -0.05) is 201 Å². The maximum atomic E-state index is 12.8. The normalized spacial score (nSPS) is 8.38. The molecule has 1 aliphatic rings. The fraction of sp³-hybridized carbons (Fsp3) is 0.563. The highest BCUT2D eigenvalue weighted by Gasteiger charge is 2.29. The van der Waals surface area contributed by atoms with Gasteiger partial charge in [-0.15, -0.1) is 0 Å². The average molecular weight is 1400 g/mol. The summed E-state index contributed by atoms with van der Waals surface area (Å²) in [5.74, 6) is 2.01. The van der Waals surface area contributed by atoms with Crippen LogP contribution in [-0.4, -0.2) is 174 Å². The Balaban J connectivity index is -0.0000000292. The fourth-order valence-corrected chi connectivity index (χ4v) is 4.65. The minimum atomic E-state index is -0.647. The summed E-state index contributed by atoms with van der Waals surface area (Å²) in [7, 11) is 9.12. The van der Waals surface area contributed by atoms with Crippen LogP contribution in [0, 0.1) is 17.8 Å². The van der Waals surface area contributed by atoms with E-state index in [1.54, 1.807) is 27.8 Å². The van der Waals surface area contributed by atoms with E-state index in [0.29, 0.717) is 6.42 Å². The summed E-state index contributed by atoms with van der Waals surface area (Å²) >= 11 is 0. The van der Waals surface area contributed by atoms with Gasteiger partial charge in [0, 0.05) is 39.6 Å². The molecule has 0 radical (unpaired) electrons. The number of likely N-dealkylation sites (N-methyl/N-ethyl adjacent to an activating group) is 1. The molecule has 1 fully saturated rings. The van der Waals surface area contributed by atoms with Gasteiger partial charge in [0.1, 0.15) is 80.0 Å². The van der Waals surface area contributed by atoms with Crippen LogP contribution in [0.3, 0.4) is 0 Å². The van der Waals surface area contributed by atoms with Crippen LogP contribution in [-0.2, 0) is 81.6 Å². The van der Waals surface area contributed by atoms with Crippen molar-refractivity contribution in [3.8, 4) is 0 Å². The number of carbonyl (C=O) groups excluding carboxylic acids is 13. The van der Waals surface area contributed by atoms with Gasteiger partial charge in [0.05, 0.1) is 0 Å². The molecule has 0 spiro atoms. The zero-order valence-electron chi connectivity index (χ0n) is 66.4. The van der Waals surface area contributed by atoms with Crippen molar-refractivity contribution in [3.63, 3.8) is 0 Å². The minimum absolute atomic E-state index is 0. The maximum absolute atomic E-state index is 12.8. The Morgan fingerprint density at radius 1 is 0.443 bits per heavy atom. The lowest BCUT2D eigenvalue weighted by Gasteiger charge is -2.31. The quantitative estimate of drug-likeness (QED) is 0.0948. The highest BCUT2D eigenvalue weighted by atomic mass is 16.3. The van der Waals surface area contributed by atoms with E-state index in [9.17, 15) is 14.4 Å². The number of aliphatic hydroxyl groups is 1. The van der Waals surface area contributed by atoms with Crippen molar-refractivity contribution < 1.29 is 67.4 Å². The Bertz CT molecular complexity index is 1530. The van der Waals surface area contributed by atoms with E-state index in [-0.39, 0.29) is 48.4 Å². The number of amides is 3. The average Bonchev–Trinajstić information content (AvgIpc) is 3.79. The van der Waals surface area contributed by atoms with Gasteiger partial charge < -0.3 is 121 Å². The molecule has 0 aliphatic carbocycles. The standard InChI is InChI=1S/C20H29N3O3.2C8H10.C5H12.2C4H10.C3H8O.2C2H6.5CH5N.10CH2O.4H3N/c1-15(20(26)23-12-8-5-9-13-23)21-19(25)18(22(3)16(2)24)14-17-10-6-4-7-11-17;2*1-2-8-6-4-3-5-7-8;1-4-5(2)3;2*1-4(2)3;1-3(2)4;17*1-2;;;;/h4,6-7,10-11,15,18H,5,8-9,12-14H2,1-3H3,(H,21,25);2*3-7H,2H2,1H3;5H,4H2,1-3H3;2*4H,1-3H3;3-4H,1-2H3;2*1-2H3;5*2H2,1H3;10*1H2;4*1H3/t15-,18-;;;;;;;;;;;;;;;;;;;;;;;;;;;/m0.........................../s1. The number of aryl methyl sites for hydroxylation is 2. The second-order valence-corrected chi connectivity index (χ2v) is 17.0. The van der Waals surface area contributed by atoms with Crippen molar-refractivity contribution in [2.24, 2.45) is 46.4 Å². The van der Waals surface area contributed by atoms with Gasteiger partial charge in [-0.05, 0) is 123 Å². The van der Waals surface area contributed by atoms with E-state index in [0.717, 1.165) is 68.5 Å². The Morgan fingerprint density at radius 3 is 0.804 bits per heavy atom. The molecule has 0 saturated carbocycles. The molecule has 3 aromatic rings. The van der Waals surface area contributed by atoms with Crippen molar-refractivity contribution in [3.05, 3.63) is 108 Å². The molecule has 4 rings (SSSR count). The smallest absolute Gasteiger partial charge is 0.244 e. The van der Waals surface area contributed by atoms with Crippen molar-refractivity contribution in [1.29, 1.82) is 0 Å². The summed E-state index contributed by atoms with van der Waals surface area (Å²) < 4.78 is 0. The number of nitrogens with one attached hydrogen (secondary N) is 1. The van der Waals surface area contributed by atoms with Crippen molar-refractivity contribution >= 4 is 85.6 Å². The molecule has 3 aromatic carbocycles. The van der Waals surface area contributed by atoms with Crippen molar-refractivity contribution in [2.75, 3.05) is 55.4 Å². The van der Waals surface area contributed by atoms with Gasteiger partial charge in [-0.25, -0.2) is 0 Å². The summed E-state index contributed by atoms with van der Waals surface area (Å²) in [6.45, 7) is 60.1. The summed E-state index contributed by atoms with van der Waals surface area (Å²) in [4.78, 5) is 120.